The fraction of sp³-hybridized carbons (Fsp3) is 0.0870. The predicted molar refractivity (Wildman–Crippen MR) is 128 cm³/mol. The molecule has 2 heterocycles. The summed E-state index contributed by atoms with van der Waals surface area (Å²) in [6, 6.07) is 15.1. The third-order valence-electron chi connectivity index (χ3n) is 4.63. The van der Waals surface area contributed by atoms with Crippen molar-refractivity contribution in [3.05, 3.63) is 89.2 Å². The summed E-state index contributed by atoms with van der Waals surface area (Å²) in [6.07, 6.45) is 0.141. The van der Waals surface area contributed by atoms with E-state index in [1.807, 2.05) is 12.1 Å². The molecule has 7 nitrogen and oxygen atoms in total. The number of nitrogens with zero attached hydrogens (tertiary/aromatic N) is 5. The number of amides is 1. The van der Waals surface area contributed by atoms with E-state index in [0.29, 0.717) is 21.6 Å². The lowest BCUT2D eigenvalue weighted by Gasteiger charge is -2.10. The number of carbonyl (C=O) groups excluding carboxylic acids is 1. The number of benzene rings is 2. The summed E-state index contributed by atoms with van der Waals surface area (Å²) in [7, 11) is 0. The number of thioether (sulfide) groups is 1. The summed E-state index contributed by atoms with van der Waals surface area (Å²) in [5.41, 5.74) is 3.56. The summed E-state index contributed by atoms with van der Waals surface area (Å²) in [5.74, 6) is 0.124. The van der Waals surface area contributed by atoms with E-state index in [0.717, 1.165) is 35.1 Å². The number of hydrogen-bond acceptors (Lipinski definition) is 6. The molecule has 0 aliphatic heterocycles. The maximum atomic E-state index is 12.6. The molecule has 0 aliphatic carbocycles. The molecule has 0 unspecified atom stereocenters. The van der Waals surface area contributed by atoms with Crippen LogP contribution in [0.2, 0.25) is 5.02 Å². The van der Waals surface area contributed by atoms with Crippen molar-refractivity contribution >= 4 is 35.5 Å². The lowest BCUT2D eigenvalue weighted by Crippen LogP contribution is -2.20. The Morgan fingerprint density at radius 2 is 1.71 bits per heavy atom. The van der Waals surface area contributed by atoms with Crippen molar-refractivity contribution in [3.63, 3.8) is 0 Å². The highest BCUT2D eigenvalue weighted by molar-refractivity contribution is 7.99. The molecule has 0 spiro atoms. The van der Waals surface area contributed by atoms with E-state index < -0.39 is 17.6 Å². The Hall–Kier alpha value is -3.70. The Morgan fingerprint density at radius 1 is 1.03 bits per heavy atom. The summed E-state index contributed by atoms with van der Waals surface area (Å²) in [4.78, 5) is 16.3. The zero-order chi connectivity index (χ0) is 24.8. The Balaban J connectivity index is 1.44. The molecule has 12 heteroatoms. The minimum Gasteiger partial charge on any atom is -0.272 e. The van der Waals surface area contributed by atoms with Gasteiger partial charge in [-0.1, -0.05) is 35.5 Å². The molecule has 0 saturated carbocycles. The summed E-state index contributed by atoms with van der Waals surface area (Å²) in [5, 5.41) is 13.4. The van der Waals surface area contributed by atoms with Gasteiger partial charge in [0.15, 0.2) is 11.0 Å². The molecule has 0 saturated heterocycles. The second-order valence-electron chi connectivity index (χ2n) is 7.06. The van der Waals surface area contributed by atoms with E-state index in [1.165, 1.54) is 18.3 Å². The van der Waals surface area contributed by atoms with Gasteiger partial charge in [-0.3, -0.25) is 14.3 Å². The number of hydrogen-bond donors (Lipinski definition) is 1. The molecule has 4 aromatic rings. The van der Waals surface area contributed by atoms with E-state index in [2.05, 4.69) is 25.7 Å². The van der Waals surface area contributed by atoms with E-state index >= 15 is 0 Å². The Labute approximate surface area is 207 Å². The first-order valence-corrected chi connectivity index (χ1v) is 11.4. The molecular weight excluding hydrogens is 501 g/mol. The second kappa shape index (κ2) is 10.7. The van der Waals surface area contributed by atoms with Crippen molar-refractivity contribution in [1.82, 2.24) is 25.2 Å². The van der Waals surface area contributed by atoms with Crippen molar-refractivity contribution < 1.29 is 18.0 Å². The van der Waals surface area contributed by atoms with Crippen LogP contribution in [0, 0.1) is 0 Å². The van der Waals surface area contributed by atoms with Crippen LogP contribution in [0.4, 0.5) is 13.2 Å². The van der Waals surface area contributed by atoms with Gasteiger partial charge in [-0.25, -0.2) is 5.43 Å². The highest BCUT2D eigenvalue weighted by Crippen LogP contribution is 2.29. The van der Waals surface area contributed by atoms with Crippen molar-refractivity contribution in [3.8, 4) is 17.1 Å². The molecule has 0 fully saturated rings. The molecule has 0 atom stereocenters. The number of hydrazone groups is 1. The lowest BCUT2D eigenvalue weighted by atomic mass is 10.1. The van der Waals surface area contributed by atoms with Gasteiger partial charge in [-0.2, -0.15) is 18.3 Å². The maximum absolute atomic E-state index is 12.6. The van der Waals surface area contributed by atoms with Crippen LogP contribution in [0.3, 0.4) is 0 Å². The third-order valence-corrected chi connectivity index (χ3v) is 5.81. The fourth-order valence-corrected chi connectivity index (χ4v) is 3.84. The number of carbonyl (C=O) groups is 1. The average Bonchev–Trinajstić information content (AvgIpc) is 3.27. The van der Waals surface area contributed by atoms with Crippen molar-refractivity contribution in [2.75, 3.05) is 5.75 Å². The number of rotatable bonds is 7. The van der Waals surface area contributed by atoms with E-state index in [4.69, 9.17) is 11.6 Å². The SMILES string of the molecule is O=C(CSc1nnc(-c2ccncc2)n1-c1ccc(Cl)cc1)N/N=C/c1ccc(C(F)(F)F)cc1. The first kappa shape index (κ1) is 24.4. The molecule has 178 valence electrons. The zero-order valence-corrected chi connectivity index (χ0v) is 19.3. The topological polar surface area (TPSA) is 85.1 Å². The molecular formula is C23H16ClF3N6OS. The number of aromatic nitrogens is 4. The van der Waals surface area contributed by atoms with Crippen LogP contribution in [0.5, 0.6) is 0 Å². The number of halogens is 4. The summed E-state index contributed by atoms with van der Waals surface area (Å²) in [6.45, 7) is 0. The van der Waals surface area contributed by atoms with Crippen LogP contribution >= 0.6 is 23.4 Å². The molecule has 4 rings (SSSR count). The number of nitrogens with one attached hydrogen (secondary N) is 1. The van der Waals surface area contributed by atoms with Crippen LogP contribution in [0.15, 0.2) is 83.3 Å². The normalized spacial score (nSPS) is 11.7. The second-order valence-corrected chi connectivity index (χ2v) is 8.43. The summed E-state index contributed by atoms with van der Waals surface area (Å²) < 4.78 is 39.7. The van der Waals surface area contributed by atoms with Crippen LogP contribution in [-0.4, -0.2) is 37.6 Å². The van der Waals surface area contributed by atoms with Gasteiger partial charge < -0.3 is 0 Å². The highest BCUT2D eigenvalue weighted by Gasteiger charge is 2.29. The van der Waals surface area contributed by atoms with E-state index in [1.54, 1.807) is 41.2 Å². The van der Waals surface area contributed by atoms with Crippen molar-refractivity contribution in [2.45, 2.75) is 11.3 Å². The van der Waals surface area contributed by atoms with Crippen molar-refractivity contribution in [1.29, 1.82) is 0 Å². The predicted octanol–water partition coefficient (Wildman–Crippen LogP) is 5.24. The highest BCUT2D eigenvalue weighted by atomic mass is 35.5. The molecule has 2 aromatic heterocycles. The molecule has 0 aliphatic rings. The molecule has 1 N–H and O–H groups in total. The van der Waals surface area contributed by atoms with Gasteiger partial charge in [0, 0.05) is 28.7 Å². The first-order chi connectivity index (χ1) is 16.8. The van der Waals surface area contributed by atoms with Gasteiger partial charge in [0.1, 0.15) is 0 Å². The maximum Gasteiger partial charge on any atom is 0.416 e. The van der Waals surface area contributed by atoms with Gasteiger partial charge in [-0.05, 0) is 54.1 Å². The van der Waals surface area contributed by atoms with Gasteiger partial charge in [0.2, 0.25) is 0 Å². The van der Waals surface area contributed by atoms with Gasteiger partial charge in [0.05, 0.1) is 17.5 Å². The minimum absolute atomic E-state index is 0.0214. The van der Waals surface area contributed by atoms with Gasteiger partial charge in [-0.15, -0.1) is 10.2 Å². The fourth-order valence-electron chi connectivity index (χ4n) is 2.97. The first-order valence-electron chi connectivity index (χ1n) is 10.0. The van der Waals surface area contributed by atoms with Gasteiger partial charge in [0.25, 0.3) is 5.91 Å². The Bertz CT molecular complexity index is 1330. The van der Waals surface area contributed by atoms with E-state index in [9.17, 15) is 18.0 Å². The zero-order valence-electron chi connectivity index (χ0n) is 17.8. The van der Waals surface area contributed by atoms with Crippen LogP contribution < -0.4 is 5.43 Å². The van der Waals surface area contributed by atoms with Gasteiger partial charge >= 0.3 is 6.18 Å². The molecule has 1 amide bonds. The molecule has 2 aromatic carbocycles. The molecule has 0 radical (unpaired) electrons. The molecule has 0 bridgehead atoms. The lowest BCUT2D eigenvalue weighted by molar-refractivity contribution is -0.137. The molecule has 35 heavy (non-hydrogen) atoms. The largest absolute Gasteiger partial charge is 0.416 e. The van der Waals surface area contributed by atoms with Crippen molar-refractivity contribution in [2.24, 2.45) is 5.10 Å². The standard InChI is InChI=1S/C23H16ClF3N6OS/c24-18-5-7-19(8-6-18)33-21(16-9-11-28-12-10-16)31-32-22(33)35-14-20(34)30-29-13-15-1-3-17(4-2-15)23(25,26)27/h1-13H,14H2,(H,30,34)/b29-13+. The van der Waals surface area contributed by atoms with Crippen LogP contribution in [0.25, 0.3) is 17.1 Å². The Kier molecular flexibility index (Phi) is 7.47. The third kappa shape index (κ3) is 6.25. The van der Waals surface area contributed by atoms with E-state index in [-0.39, 0.29) is 5.75 Å². The Morgan fingerprint density at radius 3 is 2.37 bits per heavy atom. The number of alkyl halides is 3. The smallest absolute Gasteiger partial charge is 0.272 e. The average molecular weight is 517 g/mol. The van der Waals surface area contributed by atoms with Crippen LogP contribution in [0.1, 0.15) is 11.1 Å². The summed E-state index contributed by atoms with van der Waals surface area (Å²) >= 11 is 7.17. The minimum atomic E-state index is -4.41. The monoisotopic (exact) mass is 516 g/mol. The van der Waals surface area contributed by atoms with Crippen LogP contribution in [-0.2, 0) is 11.0 Å². The quantitative estimate of drug-likeness (QED) is 0.206. The number of pyridine rings is 1.